The van der Waals surface area contributed by atoms with E-state index in [0.717, 1.165) is 44.9 Å². The van der Waals surface area contributed by atoms with Crippen LogP contribution in [0.1, 0.15) is 174 Å². The smallest absolute Gasteiger partial charge is 0.462 e. The minimum absolute atomic E-state index is 0.0768. The third kappa shape index (κ3) is 36.5. The fourth-order valence-electron chi connectivity index (χ4n) is 5.33. The van der Waals surface area contributed by atoms with Gasteiger partial charge in [0.15, 0.2) is 6.10 Å². The Bertz CT molecular complexity index is 967. The molecule has 0 aliphatic heterocycles. The molecule has 0 spiro atoms. The molecule has 0 bridgehead atoms. The van der Waals surface area contributed by atoms with Gasteiger partial charge in [-0.15, -0.1) is 0 Å². The maximum atomic E-state index is 12.5. The molecule has 304 valence electrons. The first-order valence-corrected chi connectivity index (χ1v) is 21.9. The van der Waals surface area contributed by atoms with Gasteiger partial charge in [-0.25, -0.2) is 4.57 Å². The molecule has 0 aromatic carbocycles. The monoisotopic (exact) mass is 759 g/mol. The molecule has 0 aromatic heterocycles. The SMILES string of the molecule is CCCCCCCC/C=C/C/C=C/CCC(=O)OC(COC(=O)CCCCCCC/C=C/CCCCCCCCC)COP(=O)(O)OC[C@@H](O)CO. The zero-order valence-corrected chi connectivity index (χ0v) is 33.7. The van der Waals surface area contributed by atoms with Crippen LogP contribution in [0.3, 0.4) is 0 Å². The number of phosphoric ester groups is 1. The molecule has 0 heterocycles. The van der Waals surface area contributed by atoms with E-state index >= 15 is 0 Å². The van der Waals surface area contributed by atoms with Gasteiger partial charge in [0.25, 0.3) is 0 Å². The molecular formula is C41H75O10P. The number of esters is 2. The van der Waals surface area contributed by atoms with Crippen molar-refractivity contribution in [3.8, 4) is 0 Å². The highest BCUT2D eigenvalue weighted by molar-refractivity contribution is 7.47. The Kier molecular flexibility index (Phi) is 36.2. The van der Waals surface area contributed by atoms with Crippen molar-refractivity contribution in [3.05, 3.63) is 36.5 Å². The van der Waals surface area contributed by atoms with Gasteiger partial charge < -0.3 is 24.6 Å². The fraction of sp³-hybridized carbons (Fsp3) is 0.805. The summed E-state index contributed by atoms with van der Waals surface area (Å²) >= 11 is 0. The maximum Gasteiger partial charge on any atom is 0.472 e. The van der Waals surface area contributed by atoms with Gasteiger partial charge in [0.1, 0.15) is 12.7 Å². The molecule has 0 saturated carbocycles. The van der Waals surface area contributed by atoms with Crippen molar-refractivity contribution in [2.24, 2.45) is 0 Å². The molecule has 0 aliphatic carbocycles. The number of carbonyl (C=O) groups excluding carboxylic acids is 2. The number of aliphatic hydroxyl groups excluding tert-OH is 2. The molecule has 2 unspecified atom stereocenters. The highest BCUT2D eigenvalue weighted by Crippen LogP contribution is 2.43. The number of hydrogen-bond donors (Lipinski definition) is 3. The molecule has 0 aromatic rings. The number of allylic oxidation sites excluding steroid dienone is 6. The number of ether oxygens (including phenoxy) is 2. The third-order valence-electron chi connectivity index (χ3n) is 8.53. The van der Waals surface area contributed by atoms with Crippen molar-refractivity contribution < 1.29 is 47.8 Å². The molecule has 3 N–H and O–H groups in total. The summed E-state index contributed by atoms with van der Waals surface area (Å²) in [4.78, 5) is 34.8. The predicted molar refractivity (Wildman–Crippen MR) is 210 cm³/mol. The van der Waals surface area contributed by atoms with Crippen LogP contribution in [0.25, 0.3) is 0 Å². The van der Waals surface area contributed by atoms with E-state index in [2.05, 4.69) is 42.7 Å². The second-order valence-electron chi connectivity index (χ2n) is 13.7. The number of unbranched alkanes of at least 4 members (excludes halogenated alkanes) is 18. The summed E-state index contributed by atoms with van der Waals surface area (Å²) < 4.78 is 32.5. The first-order valence-electron chi connectivity index (χ1n) is 20.4. The molecule has 0 amide bonds. The van der Waals surface area contributed by atoms with Crippen LogP contribution in [0.4, 0.5) is 0 Å². The van der Waals surface area contributed by atoms with Gasteiger partial charge in [0, 0.05) is 12.8 Å². The molecule has 0 fully saturated rings. The van der Waals surface area contributed by atoms with Gasteiger partial charge in [0.05, 0.1) is 19.8 Å². The Labute approximate surface area is 316 Å². The van der Waals surface area contributed by atoms with Crippen LogP contribution in [0.15, 0.2) is 36.5 Å². The van der Waals surface area contributed by atoms with E-state index < -0.39 is 51.8 Å². The van der Waals surface area contributed by atoms with E-state index in [1.54, 1.807) is 0 Å². The minimum Gasteiger partial charge on any atom is -0.462 e. The van der Waals surface area contributed by atoms with E-state index in [1.807, 2.05) is 12.2 Å². The lowest BCUT2D eigenvalue weighted by Gasteiger charge is -2.20. The maximum absolute atomic E-state index is 12.5. The molecule has 0 saturated heterocycles. The zero-order chi connectivity index (χ0) is 38.4. The average Bonchev–Trinajstić information content (AvgIpc) is 3.13. The first-order chi connectivity index (χ1) is 25.2. The molecule has 0 aliphatic rings. The van der Waals surface area contributed by atoms with Crippen LogP contribution in [0, 0.1) is 0 Å². The van der Waals surface area contributed by atoms with E-state index in [4.69, 9.17) is 19.1 Å². The van der Waals surface area contributed by atoms with Crippen molar-refractivity contribution in [1.82, 2.24) is 0 Å². The Balaban J connectivity index is 4.40. The Morgan fingerprint density at radius 3 is 1.58 bits per heavy atom. The largest absolute Gasteiger partial charge is 0.472 e. The summed E-state index contributed by atoms with van der Waals surface area (Å²) in [5, 5.41) is 18.3. The van der Waals surface area contributed by atoms with Crippen molar-refractivity contribution in [3.63, 3.8) is 0 Å². The second kappa shape index (κ2) is 37.5. The van der Waals surface area contributed by atoms with E-state index in [1.165, 1.54) is 89.9 Å². The lowest BCUT2D eigenvalue weighted by Crippen LogP contribution is -2.29. The van der Waals surface area contributed by atoms with Crippen molar-refractivity contribution >= 4 is 19.8 Å². The Morgan fingerprint density at radius 1 is 0.577 bits per heavy atom. The Hall–Kier alpha value is -1.81. The van der Waals surface area contributed by atoms with E-state index in [9.17, 15) is 24.2 Å². The minimum atomic E-state index is -4.63. The Morgan fingerprint density at radius 2 is 1.04 bits per heavy atom. The van der Waals surface area contributed by atoms with Crippen LogP contribution in [0.2, 0.25) is 0 Å². The lowest BCUT2D eigenvalue weighted by molar-refractivity contribution is -0.161. The fourth-order valence-corrected chi connectivity index (χ4v) is 6.12. The summed E-state index contributed by atoms with van der Waals surface area (Å²) in [5.41, 5.74) is 0. The molecular weight excluding hydrogens is 683 g/mol. The molecule has 3 atom stereocenters. The van der Waals surface area contributed by atoms with Crippen molar-refractivity contribution in [2.75, 3.05) is 26.4 Å². The van der Waals surface area contributed by atoms with Gasteiger partial charge in [-0.1, -0.05) is 140 Å². The zero-order valence-electron chi connectivity index (χ0n) is 32.8. The summed E-state index contributed by atoms with van der Waals surface area (Å²) in [6, 6.07) is 0. The summed E-state index contributed by atoms with van der Waals surface area (Å²) in [5.74, 6) is -1.01. The van der Waals surface area contributed by atoms with Gasteiger partial charge >= 0.3 is 19.8 Å². The van der Waals surface area contributed by atoms with E-state index in [-0.39, 0.29) is 19.4 Å². The highest BCUT2D eigenvalue weighted by atomic mass is 31.2. The number of carbonyl (C=O) groups is 2. The lowest BCUT2D eigenvalue weighted by atomic mass is 10.1. The number of phosphoric acid groups is 1. The van der Waals surface area contributed by atoms with Crippen LogP contribution >= 0.6 is 7.82 Å². The predicted octanol–water partition coefficient (Wildman–Crippen LogP) is 10.4. The van der Waals surface area contributed by atoms with Crippen LogP contribution in [-0.2, 0) is 32.7 Å². The molecule has 10 nitrogen and oxygen atoms in total. The molecule has 0 rings (SSSR count). The van der Waals surface area contributed by atoms with Gasteiger partial charge in [0.2, 0.25) is 0 Å². The topological polar surface area (TPSA) is 149 Å². The standard InChI is InChI=1S/C41H75O10P/c1-3-5-7-9-11-13-15-17-18-19-21-22-24-26-28-30-32-40(44)48-36-39(37-50-52(46,47)49-35-38(43)34-42)51-41(45)33-31-29-27-25-23-20-16-14-12-10-8-6-4-2/h18-20,23,27,29,38-39,42-43H,3-17,21-22,24-26,28,30-37H2,1-2H3,(H,46,47)/b19-18+,23-20+,29-27+/t38-,39?/m0/s1. The third-order valence-corrected chi connectivity index (χ3v) is 9.48. The number of hydrogen-bond acceptors (Lipinski definition) is 9. The van der Waals surface area contributed by atoms with Crippen LogP contribution in [-0.4, -0.2) is 65.7 Å². The number of rotatable bonds is 38. The summed E-state index contributed by atoms with van der Waals surface area (Å²) in [6.07, 6.45) is 37.0. The average molecular weight is 759 g/mol. The van der Waals surface area contributed by atoms with Gasteiger partial charge in [-0.05, 0) is 57.8 Å². The van der Waals surface area contributed by atoms with Crippen LogP contribution < -0.4 is 0 Å². The first kappa shape index (κ1) is 50.2. The second-order valence-corrected chi connectivity index (χ2v) is 15.1. The summed E-state index contributed by atoms with van der Waals surface area (Å²) in [6.45, 7) is 2.29. The quantitative estimate of drug-likeness (QED) is 0.0240. The normalized spacial score (nSPS) is 14.3. The molecule has 11 heteroatoms. The van der Waals surface area contributed by atoms with E-state index in [0.29, 0.717) is 12.8 Å². The molecule has 52 heavy (non-hydrogen) atoms. The summed E-state index contributed by atoms with van der Waals surface area (Å²) in [7, 11) is -4.63. The number of aliphatic hydroxyl groups is 2. The van der Waals surface area contributed by atoms with Gasteiger partial charge in [-0.2, -0.15) is 0 Å². The highest BCUT2D eigenvalue weighted by Gasteiger charge is 2.27. The van der Waals surface area contributed by atoms with Crippen molar-refractivity contribution in [2.45, 2.75) is 187 Å². The van der Waals surface area contributed by atoms with Gasteiger partial charge in [-0.3, -0.25) is 18.6 Å². The van der Waals surface area contributed by atoms with Crippen LogP contribution in [0.5, 0.6) is 0 Å². The molecule has 0 radical (unpaired) electrons. The van der Waals surface area contributed by atoms with Crippen molar-refractivity contribution in [1.29, 1.82) is 0 Å².